The molecule has 10 heteroatoms. The fourth-order valence-electron chi connectivity index (χ4n) is 11.0. The van der Waals surface area contributed by atoms with Crippen LogP contribution >= 0.6 is 0 Å². The molecule has 10 N–H and O–H groups in total. The molecule has 0 radical (unpaired) electrons. The average Bonchev–Trinajstić information content (AvgIpc) is 3.93. The van der Waals surface area contributed by atoms with Gasteiger partial charge in [0.1, 0.15) is 11.5 Å². The van der Waals surface area contributed by atoms with E-state index in [4.69, 9.17) is 5.73 Å². The molecule has 4 aliphatic rings. The van der Waals surface area contributed by atoms with Gasteiger partial charge >= 0.3 is 5.97 Å². The van der Waals surface area contributed by atoms with E-state index in [9.17, 15) is 35.4 Å². The third-order valence-corrected chi connectivity index (χ3v) is 14.2. The molecule has 1 aromatic carbocycles. The fourth-order valence-corrected chi connectivity index (χ4v) is 11.0. The van der Waals surface area contributed by atoms with Gasteiger partial charge in [-0.15, -0.1) is 0 Å². The number of phenols is 2. The Labute approximate surface area is 339 Å². The van der Waals surface area contributed by atoms with Crippen LogP contribution in [-0.4, -0.2) is 65.9 Å². The van der Waals surface area contributed by atoms with E-state index in [1.165, 1.54) is 30.9 Å². The first-order valence-corrected chi connectivity index (χ1v) is 22.0. The fraction of sp³-hybridized carbons (Fsp3) is 0.638. The van der Waals surface area contributed by atoms with Crippen molar-refractivity contribution in [3.05, 3.63) is 71.7 Å². The number of hydrogen-bond donors (Lipinski definition) is 9. The number of carboxylic acids is 1. The maximum Gasteiger partial charge on any atom is 0.309 e. The van der Waals surface area contributed by atoms with Crippen LogP contribution < -0.4 is 11.1 Å². The highest BCUT2D eigenvalue weighted by Gasteiger charge is 2.54. The van der Waals surface area contributed by atoms with Crippen molar-refractivity contribution in [2.24, 2.45) is 40.7 Å². The van der Waals surface area contributed by atoms with Gasteiger partial charge in [-0.1, -0.05) is 76.5 Å². The number of benzene rings is 1. The Kier molecular flexibility index (Phi) is 14.5. The van der Waals surface area contributed by atoms with E-state index >= 15 is 0 Å². The van der Waals surface area contributed by atoms with Crippen molar-refractivity contribution >= 4 is 5.97 Å². The molecule has 0 amide bonds. The zero-order valence-corrected chi connectivity index (χ0v) is 34.0. The highest BCUT2D eigenvalue weighted by Crippen LogP contribution is 2.60. The normalized spacial score (nSPS) is 28.1. The largest absolute Gasteiger partial charge is 0.508 e. The minimum Gasteiger partial charge on any atom is -0.508 e. The lowest BCUT2D eigenvalue weighted by Crippen LogP contribution is -2.38. The first kappa shape index (κ1) is 42.9. The molecule has 0 spiro atoms. The molecule has 2 heterocycles. The van der Waals surface area contributed by atoms with E-state index < -0.39 is 23.6 Å². The molecule has 3 aliphatic carbocycles. The van der Waals surface area contributed by atoms with E-state index in [-0.39, 0.29) is 47.2 Å². The van der Waals surface area contributed by atoms with Crippen molar-refractivity contribution in [1.82, 2.24) is 10.3 Å². The number of carboxylic acid groups (broad SMARTS) is 1. The highest BCUT2D eigenvalue weighted by molar-refractivity contribution is 5.70. The molecule has 0 saturated heterocycles. The van der Waals surface area contributed by atoms with Crippen molar-refractivity contribution in [3.63, 3.8) is 0 Å². The number of nitrogens with two attached hydrogens (primary N) is 1. The van der Waals surface area contributed by atoms with Gasteiger partial charge in [-0.05, 0) is 130 Å². The molecule has 6 rings (SSSR count). The molecule has 1 aromatic heterocycles. The van der Waals surface area contributed by atoms with Gasteiger partial charge in [0, 0.05) is 35.5 Å². The monoisotopic (exact) mass is 788 g/mol. The summed E-state index contributed by atoms with van der Waals surface area (Å²) in [6.07, 6.45) is 23.4. The summed E-state index contributed by atoms with van der Waals surface area (Å²) in [7, 11) is 0. The smallest absolute Gasteiger partial charge is 0.309 e. The Morgan fingerprint density at radius 1 is 0.965 bits per heavy atom. The molecule has 57 heavy (non-hydrogen) atoms. The number of nitrogens with one attached hydrogen (secondary N) is 2. The van der Waals surface area contributed by atoms with E-state index in [1.54, 1.807) is 12.1 Å². The summed E-state index contributed by atoms with van der Waals surface area (Å²) in [6.45, 7) is 2.89. The maximum absolute atomic E-state index is 12.7. The molecule has 1 aliphatic heterocycles. The molecule has 2 fully saturated rings. The van der Waals surface area contributed by atoms with Gasteiger partial charge in [0.2, 0.25) is 0 Å². The molecule has 10 nitrogen and oxygen atoms in total. The zero-order chi connectivity index (χ0) is 40.6. The van der Waals surface area contributed by atoms with Crippen LogP contribution in [-0.2, 0) is 11.2 Å². The first-order chi connectivity index (χ1) is 27.4. The minimum atomic E-state index is -1.12. The van der Waals surface area contributed by atoms with Gasteiger partial charge in [0.05, 0.1) is 29.5 Å². The zero-order valence-electron chi connectivity index (χ0n) is 34.0. The third kappa shape index (κ3) is 10.7. The number of rotatable bonds is 20. The Morgan fingerprint density at radius 2 is 1.72 bits per heavy atom. The Morgan fingerprint density at radius 3 is 2.42 bits per heavy atom. The SMILES string of the molecule is CCCCC[C@@H]1C=C[C@@H](CCCCC[C@H](C(=O)O)[C@H](O)CC[C@]2(O)C[C@H](C3(C4=CCNC(N)=C4)CCCC3)C[C@H]2Cc2ccc(-c3cc(O)cc(O)c3)[nH]2)[C@H](O)C1. The van der Waals surface area contributed by atoms with Crippen LogP contribution in [0.1, 0.15) is 128 Å². The van der Waals surface area contributed by atoms with Crippen LogP contribution in [0.5, 0.6) is 11.5 Å². The van der Waals surface area contributed by atoms with E-state index in [0.29, 0.717) is 56.0 Å². The molecule has 2 saturated carbocycles. The summed E-state index contributed by atoms with van der Waals surface area (Å²) >= 11 is 0. The number of aliphatic hydroxyl groups excluding tert-OH is 2. The second-order valence-corrected chi connectivity index (χ2v) is 18.1. The summed E-state index contributed by atoms with van der Waals surface area (Å²) in [4.78, 5) is 16.0. The van der Waals surface area contributed by atoms with Gasteiger partial charge in [-0.25, -0.2) is 0 Å². The molecule has 314 valence electrons. The van der Waals surface area contributed by atoms with Gasteiger partial charge in [-0.2, -0.15) is 0 Å². The van der Waals surface area contributed by atoms with Crippen molar-refractivity contribution in [1.29, 1.82) is 0 Å². The number of H-pyrrole nitrogens is 1. The van der Waals surface area contributed by atoms with Gasteiger partial charge < -0.3 is 46.7 Å². The Bertz CT molecular complexity index is 1710. The van der Waals surface area contributed by atoms with Crippen LogP contribution in [0.2, 0.25) is 0 Å². The van der Waals surface area contributed by atoms with Crippen molar-refractivity contribution in [2.45, 2.75) is 147 Å². The number of aromatic amines is 1. The van der Waals surface area contributed by atoms with Crippen LogP contribution in [0.25, 0.3) is 11.3 Å². The molecular formula is C47H69N3O7. The van der Waals surface area contributed by atoms with E-state index in [0.717, 1.165) is 75.6 Å². The summed E-state index contributed by atoms with van der Waals surface area (Å²) < 4.78 is 0. The number of aromatic nitrogens is 1. The maximum atomic E-state index is 12.7. The predicted octanol–water partition coefficient (Wildman–Crippen LogP) is 8.21. The summed E-state index contributed by atoms with van der Waals surface area (Å²) in [5.41, 5.74) is 8.65. The number of phenolic OH excluding ortho intramolecular Hbond substituents is 2. The lowest BCUT2D eigenvalue weighted by molar-refractivity contribution is -0.146. The van der Waals surface area contributed by atoms with Gasteiger partial charge in [0.15, 0.2) is 0 Å². The number of allylic oxidation sites excluding steroid dienone is 3. The lowest BCUT2D eigenvalue weighted by atomic mass is 9.66. The standard InChI is InChI=1S/C47H69N3O7/c1-2-3-5-10-31-13-14-32(43(54)23-31)11-6-4-7-12-40(45(55)56)42(53)17-21-47(57)30-36(46(19-8-9-20-46)34-18-22-49-44(48)28-34)26-35(47)27-37-15-16-41(50-37)33-24-38(51)29-39(52)25-33/h13-16,18,24-25,28-29,31-32,35-36,40,42-43,49-54,57H,2-12,17,19-23,26-27,30,48H2,1H3,(H,55,56)/t31-,32-,35+,36-,40+,42-,43-,47+/m1/s1. The van der Waals surface area contributed by atoms with Crippen LogP contribution in [0, 0.1) is 35.0 Å². The molecule has 2 aromatic rings. The number of aliphatic hydroxyl groups is 3. The molecule has 0 unspecified atom stereocenters. The number of aliphatic carboxylic acids is 1. The van der Waals surface area contributed by atoms with Gasteiger partial charge in [0.25, 0.3) is 0 Å². The summed E-state index contributed by atoms with van der Waals surface area (Å²) in [5, 5.41) is 68.5. The van der Waals surface area contributed by atoms with Crippen LogP contribution in [0.4, 0.5) is 0 Å². The first-order valence-electron chi connectivity index (χ1n) is 22.0. The summed E-state index contributed by atoms with van der Waals surface area (Å²) in [5.74, 6) is -0.638. The average molecular weight is 788 g/mol. The topological polar surface area (TPSA) is 192 Å². The molecular weight excluding hydrogens is 719 g/mol. The third-order valence-electron chi connectivity index (χ3n) is 14.2. The quantitative estimate of drug-likeness (QED) is 0.0470. The van der Waals surface area contributed by atoms with Crippen LogP contribution in [0.3, 0.4) is 0 Å². The molecule has 0 bridgehead atoms. The predicted molar refractivity (Wildman–Crippen MR) is 224 cm³/mol. The van der Waals surface area contributed by atoms with E-state index in [1.807, 2.05) is 12.1 Å². The second-order valence-electron chi connectivity index (χ2n) is 18.1. The minimum absolute atomic E-state index is 0.0288. The van der Waals surface area contributed by atoms with Gasteiger partial charge in [-0.3, -0.25) is 4.79 Å². The number of carbonyl (C=O) groups is 1. The Balaban J connectivity index is 1.10. The van der Waals surface area contributed by atoms with E-state index in [2.05, 4.69) is 41.5 Å². The summed E-state index contributed by atoms with van der Waals surface area (Å²) in [6, 6.07) is 8.38. The van der Waals surface area contributed by atoms with Crippen LogP contribution in [0.15, 0.2) is 66.0 Å². The lowest BCUT2D eigenvalue weighted by Gasteiger charge is -2.39. The second kappa shape index (κ2) is 19.3. The van der Waals surface area contributed by atoms with Crippen molar-refractivity contribution in [2.75, 3.05) is 6.54 Å². The number of aromatic hydroxyl groups is 2. The molecule has 8 atom stereocenters. The van der Waals surface area contributed by atoms with Crippen molar-refractivity contribution in [3.8, 4) is 22.8 Å². The Hall–Kier alpha value is -3.73. The number of unbranched alkanes of at least 4 members (excludes halogenated alkanes) is 4. The van der Waals surface area contributed by atoms with Crippen molar-refractivity contribution < 1.29 is 35.4 Å². The highest BCUT2D eigenvalue weighted by atomic mass is 16.4. The number of dihydropyridines is 1. The number of hydrogen-bond acceptors (Lipinski definition) is 8.